The molecule has 1 aliphatic heterocycles. The van der Waals surface area contributed by atoms with Crippen molar-refractivity contribution in [1.82, 2.24) is 9.97 Å². The Balaban J connectivity index is 2.01. The molecule has 1 saturated heterocycles. The minimum atomic E-state index is -2.87. The number of anilines is 1. The van der Waals surface area contributed by atoms with E-state index in [2.05, 4.69) is 15.3 Å². The van der Waals surface area contributed by atoms with Crippen molar-refractivity contribution in [2.45, 2.75) is 18.9 Å². The van der Waals surface area contributed by atoms with Crippen molar-refractivity contribution in [3.63, 3.8) is 0 Å². The minimum Gasteiger partial charge on any atom is -0.350 e. The van der Waals surface area contributed by atoms with Crippen LogP contribution >= 0.6 is 0 Å². The lowest BCUT2D eigenvalue weighted by atomic mass is 10.2. The largest absolute Gasteiger partial charge is 0.350 e. The summed E-state index contributed by atoms with van der Waals surface area (Å²) in [5.41, 5.74) is 0. The second-order valence-electron chi connectivity index (χ2n) is 3.67. The maximum Gasteiger partial charge on any atom is 0.222 e. The Kier molecular flexibility index (Phi) is 2.86. The van der Waals surface area contributed by atoms with Gasteiger partial charge in [0.05, 0.1) is 11.5 Å². The van der Waals surface area contributed by atoms with Gasteiger partial charge in [-0.15, -0.1) is 0 Å². The summed E-state index contributed by atoms with van der Waals surface area (Å²) < 4.78 is 22.7. The van der Waals surface area contributed by atoms with Gasteiger partial charge in [-0.05, 0) is 18.9 Å². The van der Waals surface area contributed by atoms with Crippen LogP contribution in [0.5, 0.6) is 0 Å². The van der Waals surface area contributed by atoms with Gasteiger partial charge in [0.1, 0.15) is 0 Å². The Labute approximate surface area is 88.9 Å². The molecule has 0 bridgehead atoms. The van der Waals surface area contributed by atoms with E-state index in [1.165, 1.54) is 0 Å². The molecule has 1 aromatic rings. The molecule has 0 saturated carbocycles. The fourth-order valence-electron chi connectivity index (χ4n) is 1.69. The quantitative estimate of drug-likeness (QED) is 0.795. The maximum atomic E-state index is 11.4. The molecule has 82 valence electrons. The van der Waals surface area contributed by atoms with Crippen molar-refractivity contribution < 1.29 is 8.42 Å². The molecule has 1 unspecified atom stereocenters. The first kappa shape index (κ1) is 10.4. The first-order chi connectivity index (χ1) is 7.16. The summed E-state index contributed by atoms with van der Waals surface area (Å²) >= 11 is 0. The van der Waals surface area contributed by atoms with E-state index in [1.807, 2.05) is 0 Å². The highest BCUT2D eigenvalue weighted by molar-refractivity contribution is 7.91. The Hall–Kier alpha value is -1.17. The second-order valence-corrected chi connectivity index (χ2v) is 5.90. The number of nitrogens with one attached hydrogen (secondary N) is 1. The molecule has 6 heteroatoms. The van der Waals surface area contributed by atoms with Gasteiger partial charge in [-0.25, -0.2) is 18.4 Å². The first-order valence-electron chi connectivity index (χ1n) is 4.90. The summed E-state index contributed by atoms with van der Waals surface area (Å²) in [4.78, 5) is 8.01. The van der Waals surface area contributed by atoms with E-state index in [4.69, 9.17) is 0 Å². The Morgan fingerprint density at radius 3 is 2.73 bits per heavy atom. The van der Waals surface area contributed by atoms with Crippen LogP contribution in [-0.4, -0.2) is 35.9 Å². The molecule has 1 fully saturated rings. The third-order valence-electron chi connectivity index (χ3n) is 2.36. The Morgan fingerprint density at radius 2 is 2.07 bits per heavy atom. The average Bonchev–Trinajstić information content (AvgIpc) is 2.17. The van der Waals surface area contributed by atoms with Gasteiger partial charge in [0, 0.05) is 18.4 Å². The van der Waals surface area contributed by atoms with E-state index >= 15 is 0 Å². The molecule has 0 amide bonds. The zero-order valence-electron chi connectivity index (χ0n) is 8.26. The molecular formula is C9H13N3O2S. The maximum absolute atomic E-state index is 11.4. The predicted octanol–water partition coefficient (Wildman–Crippen LogP) is 0.466. The van der Waals surface area contributed by atoms with Gasteiger partial charge in [-0.3, -0.25) is 0 Å². The smallest absolute Gasteiger partial charge is 0.222 e. The van der Waals surface area contributed by atoms with E-state index in [9.17, 15) is 8.42 Å². The lowest BCUT2D eigenvalue weighted by Gasteiger charge is -2.22. The van der Waals surface area contributed by atoms with Crippen LogP contribution in [0.3, 0.4) is 0 Å². The summed E-state index contributed by atoms with van der Waals surface area (Å²) in [6, 6.07) is 1.68. The molecule has 1 aromatic heterocycles. The molecule has 0 spiro atoms. The summed E-state index contributed by atoms with van der Waals surface area (Å²) in [5.74, 6) is 0.992. The normalized spacial score (nSPS) is 24.7. The van der Waals surface area contributed by atoms with Gasteiger partial charge in [0.25, 0.3) is 0 Å². The molecule has 5 nitrogen and oxygen atoms in total. The van der Waals surface area contributed by atoms with Gasteiger partial charge in [0.2, 0.25) is 5.95 Å². The van der Waals surface area contributed by atoms with Crippen LogP contribution in [0.25, 0.3) is 0 Å². The van der Waals surface area contributed by atoms with Crippen LogP contribution in [0.2, 0.25) is 0 Å². The van der Waals surface area contributed by atoms with E-state index in [0.29, 0.717) is 18.1 Å². The van der Waals surface area contributed by atoms with Gasteiger partial charge >= 0.3 is 0 Å². The molecule has 0 radical (unpaired) electrons. The van der Waals surface area contributed by atoms with Gasteiger partial charge in [-0.2, -0.15) is 0 Å². The predicted molar refractivity (Wildman–Crippen MR) is 57.3 cm³/mol. The van der Waals surface area contributed by atoms with Crippen LogP contribution in [0.15, 0.2) is 18.5 Å². The number of sulfone groups is 1. The van der Waals surface area contributed by atoms with Gasteiger partial charge in [-0.1, -0.05) is 0 Å². The van der Waals surface area contributed by atoms with Crippen molar-refractivity contribution in [3.05, 3.63) is 18.5 Å². The third kappa shape index (κ3) is 2.89. The zero-order chi connectivity index (χ0) is 10.7. The number of nitrogens with zero attached hydrogens (tertiary/aromatic N) is 2. The zero-order valence-corrected chi connectivity index (χ0v) is 9.07. The van der Waals surface area contributed by atoms with Gasteiger partial charge < -0.3 is 5.32 Å². The van der Waals surface area contributed by atoms with Crippen LogP contribution in [0.4, 0.5) is 5.95 Å². The van der Waals surface area contributed by atoms with Crippen molar-refractivity contribution in [1.29, 1.82) is 0 Å². The minimum absolute atomic E-state index is 0.0499. The van der Waals surface area contributed by atoms with Crippen molar-refractivity contribution >= 4 is 15.8 Å². The van der Waals surface area contributed by atoms with Crippen molar-refractivity contribution in [2.75, 3.05) is 16.8 Å². The van der Waals surface area contributed by atoms with Crippen LogP contribution in [-0.2, 0) is 9.84 Å². The Morgan fingerprint density at radius 1 is 1.33 bits per heavy atom. The molecule has 2 rings (SSSR count). The molecule has 15 heavy (non-hydrogen) atoms. The summed E-state index contributed by atoms with van der Waals surface area (Å²) in [6.45, 7) is 0. The monoisotopic (exact) mass is 227 g/mol. The molecule has 0 aromatic carbocycles. The van der Waals surface area contributed by atoms with Crippen LogP contribution < -0.4 is 5.32 Å². The summed E-state index contributed by atoms with van der Waals surface area (Å²) in [7, 11) is -2.87. The Bertz CT molecular complexity index is 418. The second kappa shape index (κ2) is 4.14. The highest BCUT2D eigenvalue weighted by atomic mass is 32.2. The molecule has 0 aliphatic carbocycles. The average molecular weight is 227 g/mol. The molecule has 1 atom stereocenters. The topological polar surface area (TPSA) is 72.0 Å². The number of rotatable bonds is 2. The third-order valence-corrected chi connectivity index (χ3v) is 4.18. The summed E-state index contributed by atoms with van der Waals surface area (Å²) in [5, 5.41) is 3.04. The van der Waals surface area contributed by atoms with E-state index in [1.54, 1.807) is 18.5 Å². The van der Waals surface area contributed by atoms with Crippen molar-refractivity contribution in [3.8, 4) is 0 Å². The van der Waals surface area contributed by atoms with E-state index in [0.717, 1.165) is 6.42 Å². The molecular weight excluding hydrogens is 214 g/mol. The number of hydrogen-bond donors (Lipinski definition) is 1. The van der Waals surface area contributed by atoms with E-state index in [-0.39, 0.29) is 11.8 Å². The van der Waals surface area contributed by atoms with Gasteiger partial charge in [0.15, 0.2) is 9.84 Å². The highest BCUT2D eigenvalue weighted by Gasteiger charge is 2.24. The van der Waals surface area contributed by atoms with Crippen LogP contribution in [0.1, 0.15) is 12.8 Å². The lowest BCUT2D eigenvalue weighted by Crippen LogP contribution is -2.35. The lowest BCUT2D eigenvalue weighted by molar-refractivity contribution is 0.561. The number of aromatic nitrogens is 2. The standard InChI is InChI=1S/C9H13N3O2S/c13-15(14)6-1-3-8(7-15)12-9-10-4-2-5-11-9/h2,4-5,8H,1,3,6-7H2,(H,10,11,12). The van der Waals surface area contributed by atoms with Crippen molar-refractivity contribution in [2.24, 2.45) is 0 Å². The molecule has 2 heterocycles. The molecule has 1 N–H and O–H groups in total. The highest BCUT2D eigenvalue weighted by Crippen LogP contribution is 2.14. The number of hydrogen-bond acceptors (Lipinski definition) is 5. The molecule has 1 aliphatic rings. The van der Waals surface area contributed by atoms with E-state index < -0.39 is 9.84 Å². The first-order valence-corrected chi connectivity index (χ1v) is 6.72. The summed E-state index contributed by atoms with van der Waals surface area (Å²) in [6.07, 6.45) is 4.84. The fourth-order valence-corrected chi connectivity index (χ4v) is 3.33. The van der Waals surface area contributed by atoms with Crippen LogP contribution in [0, 0.1) is 0 Å². The SMILES string of the molecule is O=S1(=O)CCCC(Nc2ncccn2)C1. The fraction of sp³-hybridized carbons (Fsp3) is 0.556.